The largest absolute Gasteiger partial charge is 0.303 e. The summed E-state index contributed by atoms with van der Waals surface area (Å²) in [7, 11) is 0. The van der Waals surface area contributed by atoms with Gasteiger partial charge in [-0.1, -0.05) is 0 Å². The van der Waals surface area contributed by atoms with Crippen molar-refractivity contribution in [2.75, 3.05) is 6.54 Å². The molecule has 0 aromatic rings. The molecule has 2 unspecified atom stereocenters. The van der Waals surface area contributed by atoms with E-state index in [-0.39, 0.29) is 11.4 Å². The van der Waals surface area contributed by atoms with Gasteiger partial charge in [-0.25, -0.2) is 0 Å². The Hall–Kier alpha value is -0.0800. The summed E-state index contributed by atoms with van der Waals surface area (Å²) in [5.41, 5.74) is 0.00829. The number of halogens is 1. The van der Waals surface area contributed by atoms with Crippen LogP contribution in [0.25, 0.3) is 0 Å². The van der Waals surface area contributed by atoms with Crippen LogP contribution in [0.5, 0.6) is 0 Å². The van der Waals surface area contributed by atoms with E-state index >= 15 is 0 Å². The van der Waals surface area contributed by atoms with E-state index in [0.717, 1.165) is 25.7 Å². The minimum atomic E-state index is 0.00829. The number of alkyl halides is 1. The highest BCUT2D eigenvalue weighted by atomic mass is 35.5. The molecule has 1 aliphatic rings. The van der Waals surface area contributed by atoms with Crippen molar-refractivity contribution in [1.82, 2.24) is 5.32 Å². The van der Waals surface area contributed by atoms with E-state index in [9.17, 15) is 4.79 Å². The number of hydrogen-bond donors (Lipinski definition) is 1. The molecule has 0 aliphatic carbocycles. The summed E-state index contributed by atoms with van der Waals surface area (Å²) in [6.07, 6.45) is 2.72. The monoisotopic (exact) mass is 147 g/mol. The van der Waals surface area contributed by atoms with Gasteiger partial charge in [0, 0.05) is 5.92 Å². The van der Waals surface area contributed by atoms with Crippen LogP contribution >= 0.6 is 11.6 Å². The zero-order chi connectivity index (χ0) is 6.69. The molecule has 0 radical (unpaired) electrons. The van der Waals surface area contributed by atoms with Gasteiger partial charge in [-0.3, -0.25) is 0 Å². The van der Waals surface area contributed by atoms with Crippen LogP contribution in [0.3, 0.4) is 0 Å². The van der Waals surface area contributed by atoms with Gasteiger partial charge in [0.1, 0.15) is 6.29 Å². The first kappa shape index (κ1) is 7.03. The maximum absolute atomic E-state index is 10.2. The lowest BCUT2D eigenvalue weighted by Gasteiger charge is -2.21. The Bertz CT molecular complexity index is 107. The van der Waals surface area contributed by atoms with Crippen molar-refractivity contribution < 1.29 is 4.79 Å². The third-order valence-electron chi connectivity index (χ3n) is 1.58. The first-order chi connectivity index (χ1) is 4.33. The van der Waals surface area contributed by atoms with Crippen LogP contribution < -0.4 is 5.32 Å². The molecule has 1 heterocycles. The number of nitrogens with one attached hydrogen (secondary N) is 1. The highest BCUT2D eigenvalue weighted by molar-refractivity contribution is 6.20. The molecule has 1 N–H and O–H groups in total. The number of carbonyl (C=O) groups is 1. The zero-order valence-corrected chi connectivity index (χ0v) is 5.90. The fourth-order valence-corrected chi connectivity index (χ4v) is 1.35. The molecule has 0 aromatic heterocycles. The third-order valence-corrected chi connectivity index (χ3v) is 1.92. The van der Waals surface area contributed by atoms with Crippen molar-refractivity contribution in [3.63, 3.8) is 0 Å². The summed E-state index contributed by atoms with van der Waals surface area (Å²) >= 11 is 5.72. The molecule has 1 rings (SSSR count). The molecule has 52 valence electrons. The van der Waals surface area contributed by atoms with Crippen LogP contribution in [-0.4, -0.2) is 18.3 Å². The molecule has 9 heavy (non-hydrogen) atoms. The second-order valence-electron chi connectivity index (χ2n) is 2.34. The smallest absolute Gasteiger partial charge is 0.123 e. The van der Waals surface area contributed by atoms with E-state index < -0.39 is 0 Å². The van der Waals surface area contributed by atoms with Crippen LogP contribution in [0, 0.1) is 5.92 Å². The Kier molecular flexibility index (Phi) is 2.49. The van der Waals surface area contributed by atoms with Gasteiger partial charge in [-0.15, -0.1) is 11.6 Å². The Labute approximate surface area is 59.6 Å². The minimum Gasteiger partial charge on any atom is -0.303 e. The lowest BCUT2D eigenvalue weighted by atomic mass is 10.0. The second kappa shape index (κ2) is 3.18. The first-order valence-corrected chi connectivity index (χ1v) is 3.59. The molecule has 0 amide bonds. The molecule has 2 atom stereocenters. The van der Waals surface area contributed by atoms with Crippen molar-refractivity contribution in [3.05, 3.63) is 0 Å². The number of aldehydes is 1. The summed E-state index contributed by atoms with van der Waals surface area (Å²) in [6.45, 7) is 0.873. The third kappa shape index (κ3) is 1.95. The molecule has 1 aliphatic heterocycles. The molecule has 0 aromatic carbocycles. The highest BCUT2D eigenvalue weighted by Crippen LogP contribution is 2.15. The molecule has 3 heteroatoms. The summed E-state index contributed by atoms with van der Waals surface area (Å²) in [6, 6.07) is 0. The molecule has 0 spiro atoms. The SMILES string of the molecule is O=CC1CCNC(Cl)C1. The number of hydrogen-bond acceptors (Lipinski definition) is 2. The fourth-order valence-electron chi connectivity index (χ4n) is 1.02. The van der Waals surface area contributed by atoms with Gasteiger partial charge in [0.05, 0.1) is 5.50 Å². The Morgan fingerprint density at radius 1 is 1.67 bits per heavy atom. The quantitative estimate of drug-likeness (QED) is 0.337. The molecule has 1 fully saturated rings. The highest BCUT2D eigenvalue weighted by Gasteiger charge is 2.17. The van der Waals surface area contributed by atoms with Gasteiger partial charge in [-0.2, -0.15) is 0 Å². The van der Waals surface area contributed by atoms with E-state index in [0.29, 0.717) is 0 Å². The average Bonchev–Trinajstić information content (AvgIpc) is 1.88. The number of carbonyl (C=O) groups excluding carboxylic acids is 1. The van der Waals surface area contributed by atoms with Gasteiger partial charge < -0.3 is 10.1 Å². The number of piperidine rings is 1. The molecule has 2 nitrogen and oxygen atoms in total. The van der Waals surface area contributed by atoms with Crippen molar-refractivity contribution >= 4 is 17.9 Å². The summed E-state index contributed by atoms with van der Waals surface area (Å²) < 4.78 is 0. The van der Waals surface area contributed by atoms with Crippen LogP contribution in [0.15, 0.2) is 0 Å². The average molecular weight is 148 g/mol. The summed E-state index contributed by atoms with van der Waals surface area (Å²) in [5, 5.41) is 3.05. The Morgan fingerprint density at radius 2 is 2.44 bits per heavy atom. The van der Waals surface area contributed by atoms with E-state index in [1.165, 1.54) is 0 Å². The van der Waals surface area contributed by atoms with Crippen LogP contribution in [0.1, 0.15) is 12.8 Å². The zero-order valence-electron chi connectivity index (χ0n) is 5.14. The van der Waals surface area contributed by atoms with Gasteiger partial charge in [0.2, 0.25) is 0 Å². The Morgan fingerprint density at radius 3 is 2.89 bits per heavy atom. The standard InChI is InChI=1S/C6H10ClNO/c7-6-3-5(4-9)1-2-8-6/h4-6,8H,1-3H2. The molecule has 0 bridgehead atoms. The van der Waals surface area contributed by atoms with E-state index in [1.807, 2.05) is 0 Å². The molecular formula is C6H10ClNO. The van der Waals surface area contributed by atoms with Crippen molar-refractivity contribution in [3.8, 4) is 0 Å². The van der Waals surface area contributed by atoms with E-state index in [2.05, 4.69) is 5.32 Å². The van der Waals surface area contributed by atoms with Crippen LogP contribution in [0.4, 0.5) is 0 Å². The maximum Gasteiger partial charge on any atom is 0.123 e. The Balaban J connectivity index is 2.31. The van der Waals surface area contributed by atoms with Gasteiger partial charge >= 0.3 is 0 Å². The van der Waals surface area contributed by atoms with Crippen LogP contribution in [-0.2, 0) is 4.79 Å². The van der Waals surface area contributed by atoms with Gasteiger partial charge in [0.15, 0.2) is 0 Å². The van der Waals surface area contributed by atoms with Crippen molar-refractivity contribution in [1.29, 1.82) is 0 Å². The lowest BCUT2D eigenvalue weighted by Crippen LogP contribution is -2.34. The topological polar surface area (TPSA) is 29.1 Å². The second-order valence-corrected chi connectivity index (χ2v) is 2.87. The van der Waals surface area contributed by atoms with Crippen molar-refractivity contribution in [2.24, 2.45) is 5.92 Å². The molecular weight excluding hydrogens is 138 g/mol. The maximum atomic E-state index is 10.2. The fraction of sp³-hybridized carbons (Fsp3) is 0.833. The molecule has 0 saturated carbocycles. The predicted octanol–water partition coefficient (Wildman–Crippen LogP) is 0.750. The van der Waals surface area contributed by atoms with Gasteiger partial charge in [-0.05, 0) is 19.4 Å². The van der Waals surface area contributed by atoms with Crippen molar-refractivity contribution in [2.45, 2.75) is 18.3 Å². The van der Waals surface area contributed by atoms with Gasteiger partial charge in [0.25, 0.3) is 0 Å². The normalized spacial score (nSPS) is 36.1. The summed E-state index contributed by atoms with van der Waals surface area (Å²) in [5.74, 6) is 0.189. The van der Waals surface area contributed by atoms with E-state index in [4.69, 9.17) is 11.6 Å². The molecule has 1 saturated heterocycles. The van der Waals surface area contributed by atoms with E-state index in [1.54, 1.807) is 0 Å². The minimum absolute atomic E-state index is 0.00829. The van der Waals surface area contributed by atoms with Crippen LogP contribution in [0.2, 0.25) is 0 Å². The predicted molar refractivity (Wildman–Crippen MR) is 36.4 cm³/mol. The first-order valence-electron chi connectivity index (χ1n) is 3.15. The lowest BCUT2D eigenvalue weighted by molar-refractivity contribution is -0.111. The number of rotatable bonds is 1. The summed E-state index contributed by atoms with van der Waals surface area (Å²) in [4.78, 5) is 10.2.